The fourth-order valence-electron chi connectivity index (χ4n) is 0.815. The van der Waals surface area contributed by atoms with Crippen LogP contribution in [-0.2, 0) is 8.85 Å². The summed E-state index contributed by atoms with van der Waals surface area (Å²) in [7, 11) is -3.12. The van der Waals surface area contributed by atoms with Gasteiger partial charge in [-0.1, -0.05) is 6.55 Å². The van der Waals surface area contributed by atoms with Gasteiger partial charge in [-0.2, -0.15) is 0 Å². The molecule has 0 aromatic carbocycles. The molecule has 0 fully saturated rings. The molecule has 0 aliphatic carbocycles. The quantitative estimate of drug-likeness (QED) is 0.550. The molecule has 84 valence electrons. The van der Waals surface area contributed by atoms with Gasteiger partial charge in [-0.05, 0) is 39.3 Å². The van der Waals surface area contributed by atoms with E-state index in [9.17, 15) is 0 Å². The minimum atomic E-state index is -1.44. The monoisotopic (exact) mass is 248 g/mol. The van der Waals surface area contributed by atoms with Gasteiger partial charge in [0, 0.05) is 0 Å². The SMILES string of the molecule is C[SiH2]C(=CO[Si](C)(C)C)O[Si](C)(C)C. The summed E-state index contributed by atoms with van der Waals surface area (Å²) in [4.78, 5) is 0. The van der Waals surface area contributed by atoms with E-state index in [1.165, 1.54) is 0 Å². The van der Waals surface area contributed by atoms with Crippen LogP contribution in [0.15, 0.2) is 11.6 Å². The van der Waals surface area contributed by atoms with Crippen LogP contribution in [-0.4, -0.2) is 26.2 Å². The van der Waals surface area contributed by atoms with Crippen molar-refractivity contribution in [1.82, 2.24) is 0 Å². The molecular weight excluding hydrogens is 224 g/mol. The Morgan fingerprint density at radius 3 is 1.79 bits per heavy atom. The van der Waals surface area contributed by atoms with Gasteiger partial charge in [0.25, 0.3) is 0 Å². The van der Waals surface area contributed by atoms with Gasteiger partial charge in [0.15, 0.2) is 0 Å². The molecule has 0 unspecified atom stereocenters. The van der Waals surface area contributed by atoms with Crippen LogP contribution in [0.1, 0.15) is 0 Å². The van der Waals surface area contributed by atoms with E-state index < -0.39 is 16.6 Å². The second-order valence-corrected chi connectivity index (χ2v) is 15.7. The fourth-order valence-corrected chi connectivity index (χ4v) is 4.43. The van der Waals surface area contributed by atoms with Crippen LogP contribution in [0.4, 0.5) is 0 Å². The third-order valence-corrected chi connectivity index (χ3v) is 4.33. The van der Waals surface area contributed by atoms with Crippen molar-refractivity contribution in [2.75, 3.05) is 0 Å². The molecule has 0 aromatic heterocycles. The van der Waals surface area contributed by atoms with Crippen molar-refractivity contribution >= 4 is 26.2 Å². The van der Waals surface area contributed by atoms with Gasteiger partial charge in [0.1, 0.15) is 0 Å². The largest absolute Gasteiger partial charge is 0.549 e. The van der Waals surface area contributed by atoms with Gasteiger partial charge in [0.2, 0.25) is 16.6 Å². The zero-order valence-electron chi connectivity index (χ0n) is 10.6. The first kappa shape index (κ1) is 14.0. The zero-order valence-corrected chi connectivity index (χ0v) is 14.0. The van der Waals surface area contributed by atoms with Crippen LogP contribution in [0.5, 0.6) is 0 Å². The summed E-state index contributed by atoms with van der Waals surface area (Å²) < 4.78 is 11.7. The van der Waals surface area contributed by atoms with Crippen molar-refractivity contribution < 1.29 is 8.85 Å². The van der Waals surface area contributed by atoms with Crippen LogP contribution in [0, 0.1) is 0 Å². The van der Waals surface area contributed by atoms with Gasteiger partial charge >= 0.3 is 0 Å². The first-order chi connectivity index (χ1) is 6.14. The van der Waals surface area contributed by atoms with E-state index in [1.54, 1.807) is 0 Å². The van der Waals surface area contributed by atoms with E-state index in [4.69, 9.17) is 8.85 Å². The van der Waals surface area contributed by atoms with E-state index in [1.807, 2.05) is 6.26 Å². The van der Waals surface area contributed by atoms with E-state index in [0.717, 1.165) is 5.38 Å². The lowest BCUT2D eigenvalue weighted by molar-refractivity contribution is 0.402. The highest BCUT2D eigenvalue weighted by Crippen LogP contribution is 2.11. The van der Waals surface area contributed by atoms with Gasteiger partial charge in [0.05, 0.1) is 21.2 Å². The molecule has 0 aliphatic heterocycles. The second kappa shape index (κ2) is 5.18. The second-order valence-electron chi connectivity index (χ2n) is 5.38. The summed E-state index contributed by atoms with van der Waals surface area (Å²) in [6, 6.07) is 0. The molecule has 0 atom stereocenters. The molecule has 0 radical (unpaired) electrons. The molecular formula is C9H24O2Si3. The zero-order chi connectivity index (χ0) is 11.4. The Morgan fingerprint density at radius 1 is 1.00 bits per heavy atom. The summed E-state index contributed by atoms with van der Waals surface area (Å²) in [6.07, 6.45) is 1.89. The molecule has 0 spiro atoms. The Morgan fingerprint density at radius 2 is 1.50 bits per heavy atom. The number of hydrogen-bond donors (Lipinski definition) is 0. The van der Waals surface area contributed by atoms with E-state index in [0.29, 0.717) is 0 Å². The third kappa shape index (κ3) is 8.58. The molecule has 0 N–H and O–H groups in total. The molecule has 0 rings (SSSR count). The molecule has 0 saturated carbocycles. The third-order valence-electron chi connectivity index (χ3n) is 1.33. The lowest BCUT2D eigenvalue weighted by atomic mass is 11.1. The van der Waals surface area contributed by atoms with Crippen molar-refractivity contribution in [2.45, 2.75) is 45.8 Å². The molecule has 0 aliphatic rings. The van der Waals surface area contributed by atoms with Crippen molar-refractivity contribution in [3.63, 3.8) is 0 Å². The maximum atomic E-state index is 5.94. The topological polar surface area (TPSA) is 18.5 Å². The van der Waals surface area contributed by atoms with E-state index in [2.05, 4.69) is 45.8 Å². The lowest BCUT2D eigenvalue weighted by Crippen LogP contribution is -2.28. The van der Waals surface area contributed by atoms with Crippen LogP contribution < -0.4 is 0 Å². The summed E-state index contributed by atoms with van der Waals surface area (Å²) in [5, 5.41) is 1.13. The Bertz CT molecular complexity index is 201. The maximum Gasteiger partial charge on any atom is 0.241 e. The molecule has 0 saturated heterocycles. The Kier molecular flexibility index (Phi) is 5.18. The van der Waals surface area contributed by atoms with Gasteiger partial charge in [-0.3, -0.25) is 0 Å². The van der Waals surface area contributed by atoms with Crippen LogP contribution >= 0.6 is 0 Å². The maximum absolute atomic E-state index is 5.94. The number of hydrogen-bond acceptors (Lipinski definition) is 2. The molecule has 0 aromatic rings. The van der Waals surface area contributed by atoms with Gasteiger partial charge in [-0.15, -0.1) is 0 Å². The van der Waals surface area contributed by atoms with Crippen molar-refractivity contribution in [1.29, 1.82) is 0 Å². The molecule has 0 heterocycles. The predicted octanol–water partition coefficient (Wildman–Crippen LogP) is 2.71. The highest BCUT2D eigenvalue weighted by atomic mass is 28.4. The summed E-state index contributed by atoms with van der Waals surface area (Å²) in [5.74, 6) is 0. The van der Waals surface area contributed by atoms with Gasteiger partial charge in [-0.25, -0.2) is 0 Å². The average molecular weight is 249 g/mol. The Balaban J connectivity index is 4.28. The predicted molar refractivity (Wildman–Crippen MR) is 71.4 cm³/mol. The van der Waals surface area contributed by atoms with Crippen LogP contribution in [0.3, 0.4) is 0 Å². The molecule has 0 amide bonds. The van der Waals surface area contributed by atoms with Crippen molar-refractivity contribution in [3.05, 3.63) is 11.6 Å². The average Bonchev–Trinajstić information content (AvgIpc) is 1.94. The number of rotatable bonds is 5. The molecule has 0 bridgehead atoms. The van der Waals surface area contributed by atoms with E-state index >= 15 is 0 Å². The van der Waals surface area contributed by atoms with Crippen molar-refractivity contribution in [3.8, 4) is 0 Å². The van der Waals surface area contributed by atoms with E-state index in [-0.39, 0.29) is 9.52 Å². The molecule has 2 nitrogen and oxygen atoms in total. The van der Waals surface area contributed by atoms with Crippen molar-refractivity contribution in [2.24, 2.45) is 0 Å². The minimum Gasteiger partial charge on any atom is -0.549 e. The smallest absolute Gasteiger partial charge is 0.241 e. The highest BCUT2D eigenvalue weighted by Gasteiger charge is 2.18. The normalized spacial score (nSPS) is 14.9. The Labute approximate surface area is 92.8 Å². The highest BCUT2D eigenvalue weighted by molar-refractivity contribution is 6.71. The van der Waals surface area contributed by atoms with Crippen LogP contribution in [0.25, 0.3) is 0 Å². The summed E-state index contributed by atoms with van der Waals surface area (Å²) in [6.45, 7) is 15.4. The first-order valence-corrected chi connectivity index (χ1v) is 14.1. The van der Waals surface area contributed by atoms with Crippen LogP contribution in [0.2, 0.25) is 45.8 Å². The molecule has 14 heavy (non-hydrogen) atoms. The Hall–Kier alpha value is -0.00935. The lowest BCUT2D eigenvalue weighted by Gasteiger charge is -2.23. The minimum absolute atomic E-state index is 0.250. The molecule has 5 heteroatoms. The standard InChI is InChI=1S/C9H24O2Si3/c1-12-9(11-14(5,6)7)8-10-13(2,3)4/h8H,12H2,1-7H3. The first-order valence-electron chi connectivity index (χ1n) is 5.20. The van der Waals surface area contributed by atoms with Gasteiger partial charge < -0.3 is 8.85 Å². The summed E-state index contributed by atoms with van der Waals surface area (Å²) in [5.41, 5.74) is 0. The fraction of sp³-hybridized carbons (Fsp3) is 0.778. The summed E-state index contributed by atoms with van der Waals surface area (Å²) >= 11 is 0.